The van der Waals surface area contributed by atoms with Gasteiger partial charge in [0.2, 0.25) is 0 Å². The minimum atomic E-state index is -0.273. The van der Waals surface area contributed by atoms with Gasteiger partial charge in [0.05, 0.1) is 43.1 Å². The monoisotopic (exact) mass is 436 g/mol. The molecule has 0 amide bonds. The quantitative estimate of drug-likeness (QED) is 0.486. The van der Waals surface area contributed by atoms with Crippen molar-refractivity contribution >= 4 is 22.4 Å². The molecule has 1 fully saturated rings. The van der Waals surface area contributed by atoms with Crippen LogP contribution in [0.2, 0.25) is 0 Å². The van der Waals surface area contributed by atoms with Crippen LogP contribution in [0.5, 0.6) is 5.75 Å². The van der Waals surface area contributed by atoms with Gasteiger partial charge in [-0.25, -0.2) is 14.8 Å². The van der Waals surface area contributed by atoms with Gasteiger partial charge >= 0.3 is 5.69 Å². The van der Waals surface area contributed by atoms with Gasteiger partial charge in [-0.05, 0) is 37.6 Å². The van der Waals surface area contributed by atoms with Crippen molar-refractivity contribution in [2.75, 3.05) is 25.1 Å². The first kappa shape index (κ1) is 21.8. The highest BCUT2D eigenvalue weighted by molar-refractivity contribution is 5.91. The summed E-state index contributed by atoms with van der Waals surface area (Å²) in [5.74, 6) is 0.768. The summed E-state index contributed by atoms with van der Waals surface area (Å²) in [6.07, 6.45) is 3.50. The molecule has 4 heterocycles. The summed E-state index contributed by atoms with van der Waals surface area (Å²) >= 11 is 0. The van der Waals surface area contributed by atoms with E-state index in [9.17, 15) is 4.79 Å². The van der Waals surface area contributed by atoms with Crippen LogP contribution in [0.25, 0.3) is 16.7 Å². The number of ether oxygens (including phenoxy) is 2. The number of benzene rings is 1. The Bertz CT molecular complexity index is 1290. The highest BCUT2D eigenvalue weighted by Crippen LogP contribution is 2.25. The summed E-state index contributed by atoms with van der Waals surface area (Å²) in [4.78, 5) is 24.4. The first-order chi connectivity index (χ1) is 15.0. The molecule has 0 unspecified atom stereocenters. The van der Waals surface area contributed by atoms with Crippen molar-refractivity contribution in [2.45, 2.75) is 40.0 Å². The second-order valence-electron chi connectivity index (χ2n) is 7.94. The number of anilines is 1. The molecule has 5 rings (SSSR count). The summed E-state index contributed by atoms with van der Waals surface area (Å²) in [7, 11) is 1.63. The Kier molecular flexibility index (Phi) is 5.84. The lowest BCUT2D eigenvalue weighted by Crippen LogP contribution is -2.45. The second kappa shape index (κ2) is 8.58. The van der Waals surface area contributed by atoms with Gasteiger partial charge in [0.25, 0.3) is 0 Å². The maximum absolute atomic E-state index is 13.1. The van der Waals surface area contributed by atoms with Gasteiger partial charge < -0.3 is 14.4 Å². The van der Waals surface area contributed by atoms with Crippen LogP contribution in [0, 0.1) is 0 Å². The van der Waals surface area contributed by atoms with Gasteiger partial charge in [0.1, 0.15) is 17.7 Å². The Morgan fingerprint density at radius 1 is 1.09 bits per heavy atom. The number of hydrogen-bond acceptors (Lipinski definition) is 7. The van der Waals surface area contributed by atoms with Crippen molar-refractivity contribution in [1.82, 2.24) is 24.1 Å². The van der Waals surface area contributed by atoms with Crippen molar-refractivity contribution in [3.8, 4) is 5.75 Å². The molecule has 0 radical (unpaired) electrons. The third-order valence-electron chi connectivity index (χ3n) is 5.59. The fourth-order valence-corrected chi connectivity index (χ4v) is 4.21. The Balaban J connectivity index is 0.00000245. The van der Waals surface area contributed by atoms with Gasteiger partial charge in [-0.1, -0.05) is 19.6 Å². The van der Waals surface area contributed by atoms with Gasteiger partial charge in [-0.15, -0.1) is 0 Å². The number of nitrogens with zero attached hydrogens (tertiary/aromatic N) is 6. The van der Waals surface area contributed by atoms with E-state index < -0.39 is 0 Å². The molecule has 0 saturated carbocycles. The molecule has 32 heavy (non-hydrogen) atoms. The fraction of sp³-hybridized carbons (Fsp3) is 0.391. The molecule has 1 aliphatic rings. The van der Waals surface area contributed by atoms with Crippen molar-refractivity contribution in [3.05, 3.63) is 58.9 Å². The van der Waals surface area contributed by atoms with Crippen molar-refractivity contribution in [1.29, 1.82) is 0 Å². The maximum atomic E-state index is 13.1. The second-order valence-corrected chi connectivity index (χ2v) is 7.94. The minimum absolute atomic E-state index is 0. The molecular weight excluding hydrogens is 408 g/mol. The van der Waals surface area contributed by atoms with Crippen molar-refractivity contribution < 1.29 is 9.47 Å². The summed E-state index contributed by atoms with van der Waals surface area (Å²) in [6.45, 7) is 6.08. The maximum Gasteiger partial charge on any atom is 0.352 e. The molecule has 0 N–H and O–H groups in total. The zero-order chi connectivity index (χ0) is 21.5. The number of pyridine rings is 1. The van der Waals surface area contributed by atoms with Crippen molar-refractivity contribution in [3.63, 3.8) is 0 Å². The van der Waals surface area contributed by atoms with E-state index in [1.165, 1.54) is 10.8 Å². The highest BCUT2D eigenvalue weighted by atomic mass is 16.5. The molecule has 4 aromatic rings. The third-order valence-corrected chi connectivity index (χ3v) is 5.59. The van der Waals surface area contributed by atoms with Gasteiger partial charge in [0.15, 0.2) is 5.65 Å². The topological polar surface area (TPSA) is 86.8 Å². The summed E-state index contributed by atoms with van der Waals surface area (Å²) < 4.78 is 14.1. The third kappa shape index (κ3) is 3.80. The fourth-order valence-electron chi connectivity index (χ4n) is 4.21. The van der Waals surface area contributed by atoms with Gasteiger partial charge in [-0.3, -0.25) is 4.57 Å². The molecule has 1 aliphatic heterocycles. The largest absolute Gasteiger partial charge is 0.497 e. The molecule has 1 aromatic carbocycles. The summed E-state index contributed by atoms with van der Waals surface area (Å²) in [6, 6.07) is 9.67. The van der Waals surface area contributed by atoms with E-state index in [0.717, 1.165) is 35.5 Å². The van der Waals surface area contributed by atoms with E-state index in [0.29, 0.717) is 17.8 Å². The van der Waals surface area contributed by atoms with E-state index in [2.05, 4.69) is 28.8 Å². The minimum Gasteiger partial charge on any atom is -0.497 e. The predicted molar refractivity (Wildman–Crippen MR) is 124 cm³/mol. The molecular formula is C23H28N6O3. The molecule has 0 spiro atoms. The van der Waals surface area contributed by atoms with Crippen molar-refractivity contribution in [2.24, 2.45) is 0 Å². The molecule has 2 atom stereocenters. The lowest BCUT2D eigenvalue weighted by Gasteiger charge is -2.36. The van der Waals surface area contributed by atoms with Crippen LogP contribution in [-0.2, 0) is 11.3 Å². The van der Waals surface area contributed by atoms with E-state index >= 15 is 0 Å². The number of morpholine rings is 1. The van der Waals surface area contributed by atoms with Crippen LogP contribution in [-0.4, -0.2) is 56.6 Å². The van der Waals surface area contributed by atoms with E-state index in [1.807, 2.05) is 36.5 Å². The predicted octanol–water partition coefficient (Wildman–Crippen LogP) is 2.75. The molecule has 0 aliphatic carbocycles. The Labute approximate surface area is 186 Å². The number of rotatable bonds is 4. The normalized spacial score (nSPS) is 18.7. The average Bonchev–Trinajstić information content (AvgIpc) is 3.26. The molecule has 1 saturated heterocycles. The Morgan fingerprint density at radius 2 is 1.81 bits per heavy atom. The van der Waals surface area contributed by atoms with E-state index in [4.69, 9.17) is 14.5 Å². The molecule has 0 bridgehead atoms. The first-order valence-electron chi connectivity index (χ1n) is 10.3. The van der Waals surface area contributed by atoms with E-state index in [-0.39, 0.29) is 25.3 Å². The standard InChI is InChI=1S/C22H24N6O3.CH4/c1-14-10-26(11-15(2)31-14)17-8-19-20(23-9-17)27(22(29)28-21(19)24-13-25-28)12-16-4-6-18(30-3)7-5-16;/h4-9,13-15H,10-12H2,1-3H3;1H4/t14-,15+;. The van der Waals surface area contributed by atoms with Crippen LogP contribution in [0.3, 0.4) is 0 Å². The Morgan fingerprint density at radius 3 is 2.50 bits per heavy atom. The lowest BCUT2D eigenvalue weighted by atomic mass is 10.2. The number of fused-ring (bicyclic) bond motifs is 3. The van der Waals surface area contributed by atoms with Crippen LogP contribution < -0.4 is 15.3 Å². The van der Waals surface area contributed by atoms with Crippen LogP contribution in [0.1, 0.15) is 26.8 Å². The SMILES string of the molecule is C.COc1ccc(Cn2c(=O)n3ncnc3c3cc(N4C[C@@H](C)O[C@@H](C)C4)cnc32)cc1. The molecule has 9 nitrogen and oxygen atoms in total. The summed E-state index contributed by atoms with van der Waals surface area (Å²) in [5.41, 5.74) is 2.76. The van der Waals surface area contributed by atoms with Crippen LogP contribution in [0.15, 0.2) is 47.7 Å². The number of hydrogen-bond donors (Lipinski definition) is 0. The van der Waals surface area contributed by atoms with Crippen LogP contribution in [0.4, 0.5) is 5.69 Å². The molecule has 9 heteroatoms. The lowest BCUT2D eigenvalue weighted by molar-refractivity contribution is -0.00522. The zero-order valence-electron chi connectivity index (χ0n) is 17.7. The molecule has 3 aromatic heterocycles. The molecule has 168 valence electrons. The smallest absolute Gasteiger partial charge is 0.352 e. The first-order valence-corrected chi connectivity index (χ1v) is 10.3. The van der Waals surface area contributed by atoms with E-state index in [1.54, 1.807) is 11.7 Å². The van der Waals surface area contributed by atoms with Gasteiger partial charge in [0, 0.05) is 13.1 Å². The highest BCUT2D eigenvalue weighted by Gasteiger charge is 2.24. The zero-order valence-corrected chi connectivity index (χ0v) is 17.7. The number of aromatic nitrogens is 5. The summed E-state index contributed by atoms with van der Waals surface area (Å²) in [5, 5.41) is 4.94. The average molecular weight is 437 g/mol. The van der Waals surface area contributed by atoms with Crippen LogP contribution >= 0.6 is 0 Å². The Hall–Kier alpha value is -3.46. The van der Waals surface area contributed by atoms with Gasteiger partial charge in [-0.2, -0.15) is 9.61 Å². The number of methoxy groups -OCH3 is 1.